The summed E-state index contributed by atoms with van der Waals surface area (Å²) in [7, 11) is 0. The number of rotatable bonds is 1. The van der Waals surface area contributed by atoms with Crippen molar-refractivity contribution < 1.29 is 0 Å². The molecule has 0 bridgehead atoms. The van der Waals surface area contributed by atoms with Gasteiger partial charge in [-0.05, 0) is 43.2 Å². The van der Waals surface area contributed by atoms with Gasteiger partial charge in [-0.2, -0.15) is 0 Å². The molecule has 0 fully saturated rings. The summed E-state index contributed by atoms with van der Waals surface area (Å²) in [6.45, 7) is 4.05. The number of hydrogen-bond donors (Lipinski definition) is 1. The van der Waals surface area contributed by atoms with E-state index in [1.807, 2.05) is 44.3 Å². The van der Waals surface area contributed by atoms with Crippen LogP contribution >= 0.6 is 11.6 Å². The second-order valence-corrected chi connectivity index (χ2v) is 4.86. The van der Waals surface area contributed by atoms with Crippen molar-refractivity contribution in [3.63, 3.8) is 0 Å². The van der Waals surface area contributed by atoms with E-state index in [0.29, 0.717) is 5.02 Å². The van der Waals surface area contributed by atoms with Gasteiger partial charge in [0.15, 0.2) is 5.65 Å². The molecular weight excluding hydrogens is 246 g/mol. The fourth-order valence-electron chi connectivity index (χ4n) is 1.98. The molecule has 0 radical (unpaired) electrons. The van der Waals surface area contributed by atoms with Crippen molar-refractivity contribution >= 4 is 22.8 Å². The molecule has 0 saturated heterocycles. The van der Waals surface area contributed by atoms with Gasteiger partial charge in [-0.25, -0.2) is 9.97 Å². The van der Waals surface area contributed by atoms with E-state index in [4.69, 9.17) is 11.6 Å². The molecule has 3 rings (SSSR count). The Morgan fingerprint density at radius 3 is 2.83 bits per heavy atom. The van der Waals surface area contributed by atoms with E-state index in [0.717, 1.165) is 33.7 Å². The van der Waals surface area contributed by atoms with Crippen LogP contribution in [0.4, 0.5) is 0 Å². The first-order chi connectivity index (χ1) is 8.63. The van der Waals surface area contributed by atoms with E-state index in [-0.39, 0.29) is 0 Å². The molecule has 0 atom stereocenters. The molecule has 3 aromatic rings. The van der Waals surface area contributed by atoms with Crippen molar-refractivity contribution in [2.45, 2.75) is 13.8 Å². The van der Waals surface area contributed by atoms with E-state index >= 15 is 0 Å². The van der Waals surface area contributed by atoms with Gasteiger partial charge in [0.2, 0.25) is 0 Å². The smallest absolute Gasteiger partial charge is 0.178 e. The van der Waals surface area contributed by atoms with Crippen LogP contribution in [0.25, 0.3) is 22.6 Å². The highest BCUT2D eigenvalue weighted by Crippen LogP contribution is 2.26. The number of aromatic nitrogens is 3. The first-order valence-electron chi connectivity index (χ1n) is 5.72. The zero-order valence-corrected chi connectivity index (χ0v) is 10.9. The molecule has 0 aliphatic heterocycles. The summed E-state index contributed by atoms with van der Waals surface area (Å²) in [5.41, 5.74) is 4.94. The minimum Gasteiger partial charge on any atom is -0.337 e. The van der Waals surface area contributed by atoms with Gasteiger partial charge in [0.25, 0.3) is 0 Å². The summed E-state index contributed by atoms with van der Waals surface area (Å²) in [5.74, 6) is 0.808. The van der Waals surface area contributed by atoms with Crippen LogP contribution in [0, 0.1) is 13.8 Å². The van der Waals surface area contributed by atoms with Crippen molar-refractivity contribution in [2.75, 3.05) is 0 Å². The second-order valence-electron chi connectivity index (χ2n) is 4.43. The fraction of sp³-hybridized carbons (Fsp3) is 0.143. The maximum atomic E-state index is 6.03. The zero-order valence-electron chi connectivity index (χ0n) is 10.2. The van der Waals surface area contributed by atoms with Gasteiger partial charge in [-0.1, -0.05) is 17.7 Å². The van der Waals surface area contributed by atoms with Crippen LogP contribution < -0.4 is 0 Å². The van der Waals surface area contributed by atoms with E-state index < -0.39 is 0 Å². The fourth-order valence-corrected chi connectivity index (χ4v) is 2.15. The van der Waals surface area contributed by atoms with Crippen LogP contribution in [0.5, 0.6) is 0 Å². The van der Waals surface area contributed by atoms with E-state index in [1.54, 1.807) is 0 Å². The van der Waals surface area contributed by atoms with Crippen LogP contribution in [-0.2, 0) is 0 Å². The van der Waals surface area contributed by atoms with Crippen LogP contribution in [-0.4, -0.2) is 15.0 Å². The first-order valence-corrected chi connectivity index (χ1v) is 6.10. The molecule has 2 aromatic heterocycles. The van der Waals surface area contributed by atoms with Gasteiger partial charge in [-0.15, -0.1) is 0 Å². The average molecular weight is 258 g/mol. The molecule has 1 aromatic carbocycles. The Balaban J connectivity index is 2.22. The van der Waals surface area contributed by atoms with E-state index in [1.165, 1.54) is 0 Å². The summed E-state index contributed by atoms with van der Waals surface area (Å²) < 4.78 is 0. The van der Waals surface area contributed by atoms with Gasteiger partial charge in [0, 0.05) is 16.8 Å². The molecule has 0 spiro atoms. The minimum absolute atomic E-state index is 0.709. The summed E-state index contributed by atoms with van der Waals surface area (Å²) in [6, 6.07) is 7.83. The van der Waals surface area contributed by atoms with Crippen LogP contribution in [0.15, 0.2) is 30.5 Å². The maximum Gasteiger partial charge on any atom is 0.178 e. The third-order valence-electron chi connectivity index (χ3n) is 2.93. The summed E-state index contributed by atoms with van der Waals surface area (Å²) in [5, 5.41) is 0.709. The van der Waals surface area contributed by atoms with Crippen molar-refractivity contribution in [1.29, 1.82) is 0 Å². The second kappa shape index (κ2) is 4.10. The summed E-state index contributed by atoms with van der Waals surface area (Å²) in [4.78, 5) is 12.1. The normalized spacial score (nSPS) is 11.1. The lowest BCUT2D eigenvalue weighted by molar-refractivity contribution is 1.27. The molecule has 90 valence electrons. The Labute approximate surface area is 110 Å². The number of hydrogen-bond acceptors (Lipinski definition) is 2. The van der Waals surface area contributed by atoms with Crippen molar-refractivity contribution in [2.24, 2.45) is 0 Å². The monoisotopic (exact) mass is 257 g/mol. The number of halogens is 1. The van der Waals surface area contributed by atoms with Gasteiger partial charge in [0.05, 0.1) is 5.52 Å². The number of nitrogens with one attached hydrogen (secondary N) is 1. The standard InChI is InChI=1S/C14H12ClN3/c1-8-5-12-14(16-7-8)18-13(17-12)11-6-10(15)4-3-9(11)2/h3-7H,1-2H3,(H,16,17,18). The van der Waals surface area contributed by atoms with Gasteiger partial charge >= 0.3 is 0 Å². The number of imidazole rings is 1. The third kappa shape index (κ3) is 1.87. The predicted octanol–water partition coefficient (Wildman–Crippen LogP) is 3.90. The summed E-state index contributed by atoms with van der Waals surface area (Å²) in [6.07, 6.45) is 1.82. The Morgan fingerprint density at radius 1 is 1.17 bits per heavy atom. The number of aromatic amines is 1. The molecule has 0 unspecified atom stereocenters. The van der Waals surface area contributed by atoms with Gasteiger partial charge in [-0.3, -0.25) is 0 Å². The van der Waals surface area contributed by atoms with E-state index in [9.17, 15) is 0 Å². The molecule has 0 amide bonds. The molecule has 18 heavy (non-hydrogen) atoms. The number of fused-ring (bicyclic) bond motifs is 1. The molecule has 0 aliphatic carbocycles. The molecule has 1 N–H and O–H groups in total. The van der Waals surface area contributed by atoms with Gasteiger partial charge in [0.1, 0.15) is 5.82 Å². The summed E-state index contributed by atoms with van der Waals surface area (Å²) >= 11 is 6.03. The minimum atomic E-state index is 0.709. The highest BCUT2D eigenvalue weighted by atomic mass is 35.5. The molecule has 3 nitrogen and oxygen atoms in total. The topological polar surface area (TPSA) is 41.6 Å². The predicted molar refractivity (Wildman–Crippen MR) is 73.8 cm³/mol. The first kappa shape index (κ1) is 11.2. The Hall–Kier alpha value is -1.87. The zero-order chi connectivity index (χ0) is 12.7. The third-order valence-corrected chi connectivity index (χ3v) is 3.16. The highest BCUT2D eigenvalue weighted by molar-refractivity contribution is 6.30. The Bertz CT molecular complexity index is 731. The van der Waals surface area contributed by atoms with E-state index in [2.05, 4.69) is 15.0 Å². The maximum absolute atomic E-state index is 6.03. The molecule has 0 saturated carbocycles. The number of nitrogens with zero attached hydrogens (tertiary/aromatic N) is 2. The molecule has 2 heterocycles. The quantitative estimate of drug-likeness (QED) is 0.718. The average Bonchev–Trinajstić information content (AvgIpc) is 2.74. The number of aryl methyl sites for hydroxylation is 2. The van der Waals surface area contributed by atoms with Crippen molar-refractivity contribution in [3.8, 4) is 11.4 Å². The van der Waals surface area contributed by atoms with Crippen LogP contribution in [0.3, 0.4) is 0 Å². The Kier molecular flexibility index (Phi) is 2.56. The Morgan fingerprint density at radius 2 is 2.00 bits per heavy atom. The lowest BCUT2D eigenvalue weighted by Gasteiger charge is -2.02. The molecular formula is C14H12ClN3. The van der Waals surface area contributed by atoms with Gasteiger partial charge < -0.3 is 4.98 Å². The highest BCUT2D eigenvalue weighted by Gasteiger charge is 2.09. The number of pyridine rings is 1. The lowest BCUT2D eigenvalue weighted by Crippen LogP contribution is -1.85. The largest absolute Gasteiger partial charge is 0.337 e. The number of benzene rings is 1. The SMILES string of the molecule is Cc1cnc2nc(-c3cc(Cl)ccc3C)[nH]c2c1. The van der Waals surface area contributed by atoms with Crippen molar-refractivity contribution in [1.82, 2.24) is 15.0 Å². The lowest BCUT2D eigenvalue weighted by atomic mass is 10.1. The van der Waals surface area contributed by atoms with Crippen LogP contribution in [0.1, 0.15) is 11.1 Å². The molecule has 4 heteroatoms. The molecule has 0 aliphatic rings. The number of H-pyrrole nitrogens is 1. The van der Waals surface area contributed by atoms with Crippen molar-refractivity contribution in [3.05, 3.63) is 46.6 Å². The van der Waals surface area contributed by atoms with Crippen LogP contribution in [0.2, 0.25) is 5.02 Å².